The fraction of sp³-hybridized carbons (Fsp3) is 0.500. The van der Waals surface area contributed by atoms with Crippen LogP contribution >= 0.6 is 0 Å². The van der Waals surface area contributed by atoms with Crippen LogP contribution in [0.4, 0.5) is 0 Å². The molecule has 0 radical (unpaired) electrons. The molecular formula is C12H17NO. The highest BCUT2D eigenvalue weighted by molar-refractivity contribution is 5.19. The number of ether oxygens (including phenoxy) is 1. The molecule has 3 unspecified atom stereocenters. The molecule has 1 aromatic rings. The second kappa shape index (κ2) is 4.11. The minimum Gasteiger partial charge on any atom is -0.378 e. The Balaban J connectivity index is 2.05. The van der Waals surface area contributed by atoms with E-state index < -0.39 is 0 Å². The molecule has 1 heterocycles. The number of hydrogen-bond acceptors (Lipinski definition) is 2. The molecule has 1 aliphatic rings. The van der Waals surface area contributed by atoms with Gasteiger partial charge in [-0.3, -0.25) is 0 Å². The fourth-order valence-electron chi connectivity index (χ4n) is 2.05. The molecule has 1 fully saturated rings. The maximum Gasteiger partial charge on any atom is 0.0551 e. The van der Waals surface area contributed by atoms with E-state index in [2.05, 4.69) is 19.1 Å². The summed E-state index contributed by atoms with van der Waals surface area (Å²) in [5.74, 6) is 0.479. The third kappa shape index (κ3) is 1.97. The van der Waals surface area contributed by atoms with Crippen molar-refractivity contribution in [3.8, 4) is 0 Å². The Labute approximate surface area is 85.1 Å². The van der Waals surface area contributed by atoms with E-state index in [0.717, 1.165) is 13.0 Å². The van der Waals surface area contributed by atoms with Gasteiger partial charge in [-0.05, 0) is 18.9 Å². The zero-order chi connectivity index (χ0) is 9.97. The molecule has 14 heavy (non-hydrogen) atoms. The highest BCUT2D eigenvalue weighted by Crippen LogP contribution is 2.29. The second-order valence-corrected chi connectivity index (χ2v) is 4.08. The topological polar surface area (TPSA) is 35.2 Å². The Hall–Kier alpha value is -0.860. The van der Waals surface area contributed by atoms with E-state index >= 15 is 0 Å². The summed E-state index contributed by atoms with van der Waals surface area (Å²) in [4.78, 5) is 0. The van der Waals surface area contributed by atoms with Gasteiger partial charge in [-0.1, -0.05) is 30.3 Å². The van der Waals surface area contributed by atoms with E-state index in [1.54, 1.807) is 0 Å². The van der Waals surface area contributed by atoms with Gasteiger partial charge >= 0.3 is 0 Å². The van der Waals surface area contributed by atoms with Crippen molar-refractivity contribution in [3.63, 3.8) is 0 Å². The van der Waals surface area contributed by atoms with Crippen LogP contribution in [0.25, 0.3) is 0 Å². The standard InChI is InChI=1S/C12H17NO/c1-9-7-11(8-14-9)12(13)10-5-3-2-4-6-10/h2-6,9,11-12H,7-8,13H2,1H3. The molecule has 1 aromatic carbocycles. The van der Waals surface area contributed by atoms with Gasteiger partial charge in [-0.2, -0.15) is 0 Å². The van der Waals surface area contributed by atoms with Crippen LogP contribution in [0.3, 0.4) is 0 Å². The summed E-state index contributed by atoms with van der Waals surface area (Å²) in [6.45, 7) is 2.91. The van der Waals surface area contributed by atoms with Crippen molar-refractivity contribution in [2.24, 2.45) is 11.7 Å². The molecule has 2 heteroatoms. The van der Waals surface area contributed by atoms with E-state index in [1.807, 2.05) is 18.2 Å². The lowest BCUT2D eigenvalue weighted by Crippen LogP contribution is -2.21. The van der Waals surface area contributed by atoms with Crippen molar-refractivity contribution in [1.82, 2.24) is 0 Å². The molecule has 1 aliphatic heterocycles. The molecule has 0 saturated carbocycles. The SMILES string of the molecule is CC1CC(C(N)c2ccccc2)CO1. The molecule has 1 saturated heterocycles. The van der Waals surface area contributed by atoms with Crippen LogP contribution in [0, 0.1) is 5.92 Å². The number of benzene rings is 1. The van der Waals surface area contributed by atoms with Crippen molar-refractivity contribution in [1.29, 1.82) is 0 Å². The summed E-state index contributed by atoms with van der Waals surface area (Å²) < 4.78 is 5.53. The molecule has 3 atom stereocenters. The fourth-order valence-corrected chi connectivity index (χ4v) is 2.05. The molecule has 0 aromatic heterocycles. The highest BCUT2D eigenvalue weighted by Gasteiger charge is 2.27. The van der Waals surface area contributed by atoms with Crippen LogP contribution in [0.5, 0.6) is 0 Å². The molecule has 2 nitrogen and oxygen atoms in total. The van der Waals surface area contributed by atoms with Gasteiger partial charge in [-0.25, -0.2) is 0 Å². The van der Waals surface area contributed by atoms with Crippen molar-refractivity contribution in [2.75, 3.05) is 6.61 Å². The first-order chi connectivity index (χ1) is 6.77. The Kier molecular flexibility index (Phi) is 2.85. The molecule has 2 rings (SSSR count). The predicted octanol–water partition coefficient (Wildman–Crippen LogP) is 2.11. The molecule has 2 N–H and O–H groups in total. The van der Waals surface area contributed by atoms with E-state index in [4.69, 9.17) is 10.5 Å². The van der Waals surface area contributed by atoms with E-state index in [1.165, 1.54) is 5.56 Å². The van der Waals surface area contributed by atoms with Gasteiger partial charge in [-0.15, -0.1) is 0 Å². The summed E-state index contributed by atoms with van der Waals surface area (Å²) in [6, 6.07) is 10.4. The third-order valence-corrected chi connectivity index (χ3v) is 2.92. The van der Waals surface area contributed by atoms with Crippen molar-refractivity contribution in [3.05, 3.63) is 35.9 Å². The molecule has 0 aliphatic carbocycles. The lowest BCUT2D eigenvalue weighted by atomic mass is 9.92. The van der Waals surface area contributed by atoms with Crippen molar-refractivity contribution >= 4 is 0 Å². The predicted molar refractivity (Wildman–Crippen MR) is 56.9 cm³/mol. The van der Waals surface area contributed by atoms with Crippen LogP contribution in [0.15, 0.2) is 30.3 Å². The number of nitrogens with two attached hydrogens (primary N) is 1. The van der Waals surface area contributed by atoms with Gasteiger partial charge in [0.2, 0.25) is 0 Å². The van der Waals surface area contributed by atoms with Gasteiger partial charge in [0.1, 0.15) is 0 Å². The Bertz CT molecular complexity index is 286. The average molecular weight is 191 g/mol. The summed E-state index contributed by atoms with van der Waals surface area (Å²) in [6.07, 6.45) is 1.45. The zero-order valence-corrected chi connectivity index (χ0v) is 8.52. The summed E-state index contributed by atoms with van der Waals surface area (Å²) in [7, 11) is 0. The number of rotatable bonds is 2. The molecule has 0 spiro atoms. The van der Waals surface area contributed by atoms with E-state index in [-0.39, 0.29) is 6.04 Å². The quantitative estimate of drug-likeness (QED) is 0.777. The van der Waals surface area contributed by atoms with Gasteiger partial charge in [0.15, 0.2) is 0 Å². The van der Waals surface area contributed by atoms with Crippen LogP contribution in [-0.4, -0.2) is 12.7 Å². The first kappa shape index (κ1) is 9.69. The first-order valence-electron chi connectivity index (χ1n) is 5.19. The first-order valence-corrected chi connectivity index (χ1v) is 5.19. The number of hydrogen-bond donors (Lipinski definition) is 1. The minimum atomic E-state index is 0.126. The van der Waals surface area contributed by atoms with Gasteiger partial charge in [0.05, 0.1) is 12.7 Å². The lowest BCUT2D eigenvalue weighted by molar-refractivity contribution is 0.118. The van der Waals surface area contributed by atoms with Crippen molar-refractivity contribution < 1.29 is 4.74 Å². The lowest BCUT2D eigenvalue weighted by Gasteiger charge is -2.17. The minimum absolute atomic E-state index is 0.126. The molecular weight excluding hydrogens is 174 g/mol. The normalized spacial score (nSPS) is 29.0. The largest absolute Gasteiger partial charge is 0.378 e. The highest BCUT2D eigenvalue weighted by atomic mass is 16.5. The van der Waals surface area contributed by atoms with Crippen LogP contribution in [0.1, 0.15) is 24.9 Å². The average Bonchev–Trinajstić information content (AvgIpc) is 2.65. The molecule has 76 valence electrons. The molecule has 0 amide bonds. The molecule has 0 bridgehead atoms. The monoisotopic (exact) mass is 191 g/mol. The maximum atomic E-state index is 6.18. The second-order valence-electron chi connectivity index (χ2n) is 4.08. The third-order valence-electron chi connectivity index (χ3n) is 2.92. The van der Waals surface area contributed by atoms with Crippen LogP contribution < -0.4 is 5.73 Å². The Morgan fingerprint density at radius 2 is 2.07 bits per heavy atom. The summed E-state index contributed by atoms with van der Waals surface area (Å²) in [5.41, 5.74) is 7.40. The zero-order valence-electron chi connectivity index (χ0n) is 8.52. The van der Waals surface area contributed by atoms with Gasteiger partial charge < -0.3 is 10.5 Å². The van der Waals surface area contributed by atoms with E-state index in [9.17, 15) is 0 Å². The Morgan fingerprint density at radius 1 is 1.36 bits per heavy atom. The maximum absolute atomic E-state index is 6.18. The van der Waals surface area contributed by atoms with Gasteiger partial charge in [0, 0.05) is 12.0 Å². The summed E-state index contributed by atoms with van der Waals surface area (Å²) >= 11 is 0. The van der Waals surface area contributed by atoms with Crippen LogP contribution in [0.2, 0.25) is 0 Å². The summed E-state index contributed by atoms with van der Waals surface area (Å²) in [5, 5.41) is 0. The van der Waals surface area contributed by atoms with Crippen LogP contribution in [-0.2, 0) is 4.74 Å². The van der Waals surface area contributed by atoms with Gasteiger partial charge in [0.25, 0.3) is 0 Å². The van der Waals surface area contributed by atoms with E-state index in [0.29, 0.717) is 12.0 Å². The Morgan fingerprint density at radius 3 is 2.64 bits per heavy atom. The smallest absolute Gasteiger partial charge is 0.0551 e. The van der Waals surface area contributed by atoms with Crippen molar-refractivity contribution in [2.45, 2.75) is 25.5 Å².